The van der Waals surface area contributed by atoms with Crippen molar-refractivity contribution in [2.75, 3.05) is 0 Å². The number of rotatable bonds is 4. The molecule has 6 aromatic carbocycles. The van der Waals surface area contributed by atoms with Crippen molar-refractivity contribution in [1.82, 2.24) is 19.5 Å². The molecule has 0 aliphatic heterocycles. The fourth-order valence-electron chi connectivity index (χ4n) is 7.80. The first-order chi connectivity index (χ1) is 23.8. The van der Waals surface area contributed by atoms with Gasteiger partial charge >= 0.3 is 0 Å². The summed E-state index contributed by atoms with van der Waals surface area (Å²) in [6, 6.07) is 47.4. The van der Waals surface area contributed by atoms with E-state index in [0.29, 0.717) is 17.5 Å². The summed E-state index contributed by atoms with van der Waals surface area (Å²) < 4.78 is 2.48. The Labute approximate surface area is 287 Å². The maximum atomic E-state index is 4.98. The van der Waals surface area contributed by atoms with Gasteiger partial charge in [-0.2, -0.15) is 0 Å². The Morgan fingerprint density at radius 1 is 0.469 bits per heavy atom. The zero-order valence-corrected chi connectivity index (χ0v) is 28.4. The molecule has 1 aliphatic rings. The van der Waals surface area contributed by atoms with Crippen LogP contribution in [0.5, 0.6) is 0 Å². The first-order valence-electron chi connectivity index (χ1n) is 17.3. The van der Waals surface area contributed by atoms with Crippen LogP contribution in [0.2, 0.25) is 0 Å². The molecule has 8 aromatic rings. The lowest BCUT2D eigenvalue weighted by atomic mass is 9.63. The Morgan fingerprint density at radius 3 is 1.57 bits per heavy atom. The molecule has 0 N–H and O–H groups in total. The van der Waals surface area contributed by atoms with Crippen LogP contribution < -0.4 is 0 Å². The van der Waals surface area contributed by atoms with Gasteiger partial charge in [0.05, 0.1) is 11.0 Å². The highest BCUT2D eigenvalue weighted by atomic mass is 15.0. The molecule has 0 spiro atoms. The SMILES string of the molecule is CC1(C)CCC(C)(C)c2cc3c(cc21)c1ccc2ccccc2c1n3-c1ccc(-c2nc(-c3ccccc3)nc(-c3ccccc3)n2)cc1. The van der Waals surface area contributed by atoms with Crippen molar-refractivity contribution in [3.8, 4) is 39.9 Å². The second kappa shape index (κ2) is 11.0. The number of benzene rings is 6. The van der Waals surface area contributed by atoms with Crippen LogP contribution in [0.3, 0.4) is 0 Å². The van der Waals surface area contributed by atoms with E-state index in [-0.39, 0.29) is 10.8 Å². The smallest absolute Gasteiger partial charge is 0.164 e. The molecule has 1 aliphatic carbocycles. The second-order valence-corrected chi connectivity index (χ2v) is 14.8. The van der Waals surface area contributed by atoms with E-state index in [2.05, 4.69) is 105 Å². The Morgan fingerprint density at radius 2 is 0.980 bits per heavy atom. The maximum absolute atomic E-state index is 4.98. The fourth-order valence-corrected chi connectivity index (χ4v) is 7.80. The third-order valence-electron chi connectivity index (χ3n) is 10.7. The quantitative estimate of drug-likeness (QED) is 0.193. The summed E-state index contributed by atoms with van der Waals surface area (Å²) in [6.45, 7) is 9.64. The molecule has 0 saturated carbocycles. The monoisotopic (exact) mass is 634 g/mol. The predicted molar refractivity (Wildman–Crippen MR) is 203 cm³/mol. The van der Waals surface area contributed by atoms with Crippen molar-refractivity contribution in [3.05, 3.63) is 145 Å². The molecule has 2 aromatic heterocycles. The van der Waals surface area contributed by atoms with Gasteiger partial charge in [0.1, 0.15) is 0 Å². The lowest BCUT2D eigenvalue weighted by molar-refractivity contribution is 0.332. The van der Waals surface area contributed by atoms with Crippen LogP contribution in [0.4, 0.5) is 0 Å². The number of nitrogens with zero attached hydrogens (tertiary/aromatic N) is 4. The minimum atomic E-state index is 0.109. The molecule has 238 valence electrons. The Balaban J connectivity index is 1.26. The Bertz CT molecular complexity index is 2470. The summed E-state index contributed by atoms with van der Waals surface area (Å²) in [6.07, 6.45) is 2.37. The molecule has 0 radical (unpaired) electrons. The second-order valence-electron chi connectivity index (χ2n) is 14.8. The van der Waals surface area contributed by atoms with Crippen LogP contribution in [0.15, 0.2) is 133 Å². The van der Waals surface area contributed by atoms with Crippen LogP contribution in [-0.2, 0) is 10.8 Å². The average molecular weight is 635 g/mol. The van der Waals surface area contributed by atoms with Crippen molar-refractivity contribution < 1.29 is 0 Å². The molecule has 0 atom stereocenters. The van der Waals surface area contributed by atoms with Crippen molar-refractivity contribution in [2.24, 2.45) is 0 Å². The molecule has 49 heavy (non-hydrogen) atoms. The van der Waals surface area contributed by atoms with Gasteiger partial charge in [-0.3, -0.25) is 0 Å². The van der Waals surface area contributed by atoms with Gasteiger partial charge in [0.2, 0.25) is 0 Å². The molecule has 0 bridgehead atoms. The average Bonchev–Trinajstić information content (AvgIpc) is 3.48. The summed E-state index contributed by atoms with van der Waals surface area (Å²) >= 11 is 0. The van der Waals surface area contributed by atoms with E-state index >= 15 is 0 Å². The lowest BCUT2D eigenvalue weighted by Gasteiger charge is -2.42. The molecule has 0 amide bonds. The third kappa shape index (κ3) is 4.85. The molecule has 0 unspecified atom stereocenters. The normalized spacial score (nSPS) is 15.1. The van der Waals surface area contributed by atoms with E-state index < -0.39 is 0 Å². The summed E-state index contributed by atoms with van der Waals surface area (Å²) in [5.41, 5.74) is 9.69. The van der Waals surface area contributed by atoms with E-state index in [1.807, 2.05) is 60.7 Å². The summed E-state index contributed by atoms with van der Waals surface area (Å²) in [5, 5.41) is 5.10. The topological polar surface area (TPSA) is 43.6 Å². The third-order valence-corrected chi connectivity index (χ3v) is 10.7. The molecular formula is C45H38N4. The van der Waals surface area contributed by atoms with Gasteiger partial charge in [0, 0.05) is 38.5 Å². The van der Waals surface area contributed by atoms with E-state index in [0.717, 1.165) is 22.4 Å². The fraction of sp³-hybridized carbons (Fsp3) is 0.178. The van der Waals surface area contributed by atoms with Gasteiger partial charge in [0.15, 0.2) is 17.5 Å². The molecule has 0 fully saturated rings. The summed E-state index contributed by atoms with van der Waals surface area (Å²) in [7, 11) is 0. The van der Waals surface area contributed by atoms with E-state index in [1.165, 1.54) is 56.5 Å². The Hall–Kier alpha value is -5.61. The minimum Gasteiger partial charge on any atom is -0.309 e. The Kier molecular flexibility index (Phi) is 6.61. The molecular weight excluding hydrogens is 597 g/mol. The first kappa shape index (κ1) is 29.5. The molecule has 4 nitrogen and oxygen atoms in total. The van der Waals surface area contributed by atoms with Gasteiger partial charge in [-0.15, -0.1) is 0 Å². The van der Waals surface area contributed by atoms with Gasteiger partial charge < -0.3 is 4.57 Å². The molecule has 9 rings (SSSR count). The highest BCUT2D eigenvalue weighted by Crippen LogP contribution is 2.49. The molecule has 4 heteroatoms. The van der Waals surface area contributed by atoms with Gasteiger partial charge in [0.25, 0.3) is 0 Å². The van der Waals surface area contributed by atoms with E-state index in [9.17, 15) is 0 Å². The van der Waals surface area contributed by atoms with Gasteiger partial charge in [-0.05, 0) is 76.6 Å². The van der Waals surface area contributed by atoms with E-state index in [4.69, 9.17) is 15.0 Å². The van der Waals surface area contributed by atoms with Gasteiger partial charge in [-0.25, -0.2) is 15.0 Å². The van der Waals surface area contributed by atoms with Crippen LogP contribution in [0.25, 0.3) is 72.4 Å². The molecule has 0 saturated heterocycles. The van der Waals surface area contributed by atoms with Crippen LogP contribution >= 0.6 is 0 Å². The van der Waals surface area contributed by atoms with Gasteiger partial charge in [-0.1, -0.05) is 125 Å². The largest absolute Gasteiger partial charge is 0.309 e. The molecule has 2 heterocycles. The van der Waals surface area contributed by atoms with Crippen LogP contribution in [0.1, 0.15) is 51.7 Å². The highest BCUT2D eigenvalue weighted by Gasteiger charge is 2.38. The minimum absolute atomic E-state index is 0.109. The number of hydrogen-bond acceptors (Lipinski definition) is 3. The van der Waals surface area contributed by atoms with Crippen LogP contribution in [0, 0.1) is 0 Å². The summed E-state index contributed by atoms with van der Waals surface area (Å²) in [5.74, 6) is 1.99. The zero-order chi connectivity index (χ0) is 33.3. The van der Waals surface area contributed by atoms with E-state index in [1.54, 1.807) is 0 Å². The van der Waals surface area contributed by atoms with Crippen molar-refractivity contribution in [3.63, 3.8) is 0 Å². The zero-order valence-electron chi connectivity index (χ0n) is 28.4. The van der Waals surface area contributed by atoms with Crippen molar-refractivity contribution >= 4 is 32.6 Å². The number of fused-ring (bicyclic) bond motifs is 6. The lowest BCUT2D eigenvalue weighted by Crippen LogP contribution is -2.33. The van der Waals surface area contributed by atoms with Crippen molar-refractivity contribution in [2.45, 2.75) is 51.4 Å². The van der Waals surface area contributed by atoms with Crippen molar-refractivity contribution in [1.29, 1.82) is 0 Å². The standard InChI is InChI=1S/C45H38N4/c1-44(2)25-26-45(3,4)38-28-39-36(27-37(38)44)35-24-21-29-13-11-12-18-34(29)40(35)49(39)33-22-19-32(20-23-33)43-47-41(30-14-7-5-8-15-30)46-42(48-43)31-16-9-6-10-17-31/h5-24,27-28H,25-26H2,1-4H3. The van der Waals surface area contributed by atoms with Crippen LogP contribution in [-0.4, -0.2) is 19.5 Å². The first-order valence-corrected chi connectivity index (χ1v) is 17.3. The summed E-state index contributed by atoms with van der Waals surface area (Å²) in [4.78, 5) is 14.8. The maximum Gasteiger partial charge on any atom is 0.164 e. The highest BCUT2D eigenvalue weighted by molar-refractivity contribution is 6.19. The number of hydrogen-bond donors (Lipinski definition) is 0. The predicted octanol–water partition coefficient (Wildman–Crippen LogP) is 11.5. The number of aromatic nitrogens is 4.